The largest absolute Gasteiger partial charge is 0.462 e. The first kappa shape index (κ1) is 16.6. The number of hydrogen-bond donors (Lipinski definition) is 1. The number of anilines is 1. The monoisotopic (exact) mass is 296 g/mol. The van der Waals surface area contributed by atoms with E-state index in [1.807, 2.05) is 0 Å². The number of nitrogens with one attached hydrogen (secondary N) is 1. The Balaban J connectivity index is 2.93. The van der Waals surface area contributed by atoms with Gasteiger partial charge in [0, 0.05) is 6.20 Å². The number of aromatic nitrogens is 1. The number of ether oxygens (including phenoxy) is 2. The summed E-state index contributed by atoms with van der Waals surface area (Å²) in [6.07, 6.45) is 1.13. The van der Waals surface area contributed by atoms with Gasteiger partial charge in [-0.15, -0.1) is 0 Å². The number of nitrogens with zero attached hydrogens (tertiary/aromatic N) is 1. The first-order valence-electron chi connectivity index (χ1n) is 6.43. The van der Waals surface area contributed by atoms with Gasteiger partial charge >= 0.3 is 11.9 Å². The van der Waals surface area contributed by atoms with Gasteiger partial charge in [0.2, 0.25) is 0 Å². The van der Waals surface area contributed by atoms with Crippen LogP contribution in [0.5, 0.6) is 0 Å². The third-order valence-corrected chi connectivity index (χ3v) is 2.38. The van der Waals surface area contributed by atoms with E-state index in [-0.39, 0.29) is 24.5 Å². The molecule has 1 N–H and O–H groups in total. The molecule has 0 aliphatic heterocycles. The molecule has 0 atom stereocenters. The smallest absolute Gasteiger partial charge is 0.347 e. The standard InChI is InChI=1S/C14H17FN2O4/c1-4-20-13(18)10(14(19)21-5-2)8-16-12-7-6-11(15)9(3)17-12/h6-8H,4-5H2,1-3H3,(H,16,17). The van der Waals surface area contributed by atoms with Crippen molar-refractivity contribution in [3.63, 3.8) is 0 Å². The molecular weight excluding hydrogens is 279 g/mol. The zero-order chi connectivity index (χ0) is 15.8. The Morgan fingerprint density at radius 1 is 1.24 bits per heavy atom. The van der Waals surface area contributed by atoms with Gasteiger partial charge in [0.1, 0.15) is 11.6 Å². The van der Waals surface area contributed by atoms with Crippen molar-refractivity contribution in [2.45, 2.75) is 20.8 Å². The number of rotatable bonds is 6. The van der Waals surface area contributed by atoms with Crippen molar-refractivity contribution in [3.05, 3.63) is 35.4 Å². The second-order valence-electron chi connectivity index (χ2n) is 3.91. The van der Waals surface area contributed by atoms with Gasteiger partial charge in [-0.05, 0) is 32.9 Å². The minimum atomic E-state index is -0.803. The van der Waals surface area contributed by atoms with Crippen LogP contribution in [-0.4, -0.2) is 30.1 Å². The van der Waals surface area contributed by atoms with Crippen molar-refractivity contribution in [1.82, 2.24) is 4.98 Å². The SMILES string of the molecule is CCOC(=O)C(=CNc1ccc(F)c(C)n1)C(=O)OCC. The first-order valence-corrected chi connectivity index (χ1v) is 6.43. The average molecular weight is 296 g/mol. The second-order valence-corrected chi connectivity index (χ2v) is 3.91. The molecule has 0 aliphatic rings. The molecule has 1 heterocycles. The Bertz CT molecular complexity index is 538. The second kappa shape index (κ2) is 7.98. The summed E-state index contributed by atoms with van der Waals surface area (Å²) in [6.45, 7) is 5.01. The lowest BCUT2D eigenvalue weighted by atomic mass is 10.3. The Kier molecular flexibility index (Phi) is 6.32. The quantitative estimate of drug-likeness (QED) is 0.374. The topological polar surface area (TPSA) is 77.5 Å². The summed E-state index contributed by atoms with van der Waals surface area (Å²) in [5.74, 6) is -1.76. The number of esters is 2. The fourth-order valence-corrected chi connectivity index (χ4v) is 1.39. The van der Waals surface area contributed by atoms with Crippen molar-refractivity contribution in [1.29, 1.82) is 0 Å². The molecule has 6 nitrogen and oxygen atoms in total. The minimum absolute atomic E-state index is 0.128. The highest BCUT2D eigenvalue weighted by molar-refractivity contribution is 6.14. The lowest BCUT2D eigenvalue weighted by Gasteiger charge is -2.07. The van der Waals surface area contributed by atoms with Crippen LogP contribution in [0.3, 0.4) is 0 Å². The van der Waals surface area contributed by atoms with Crippen LogP contribution in [0, 0.1) is 12.7 Å². The van der Waals surface area contributed by atoms with Crippen molar-refractivity contribution in [3.8, 4) is 0 Å². The molecule has 1 aromatic heterocycles. The van der Waals surface area contributed by atoms with E-state index in [1.54, 1.807) is 13.8 Å². The minimum Gasteiger partial charge on any atom is -0.462 e. The average Bonchev–Trinajstić information content (AvgIpc) is 2.43. The van der Waals surface area contributed by atoms with Gasteiger partial charge in [-0.1, -0.05) is 0 Å². The van der Waals surface area contributed by atoms with Crippen LogP contribution < -0.4 is 5.32 Å². The molecule has 0 amide bonds. The van der Waals surface area contributed by atoms with Crippen LogP contribution in [0.2, 0.25) is 0 Å². The van der Waals surface area contributed by atoms with Crippen molar-refractivity contribution in [2.24, 2.45) is 0 Å². The maximum Gasteiger partial charge on any atom is 0.347 e. The van der Waals surface area contributed by atoms with Crippen LogP contribution in [0.1, 0.15) is 19.5 Å². The fourth-order valence-electron chi connectivity index (χ4n) is 1.39. The van der Waals surface area contributed by atoms with Crippen LogP contribution in [0.25, 0.3) is 0 Å². The number of hydrogen-bond acceptors (Lipinski definition) is 6. The number of aryl methyl sites for hydroxylation is 1. The molecule has 1 rings (SSSR count). The fraction of sp³-hybridized carbons (Fsp3) is 0.357. The van der Waals surface area contributed by atoms with Crippen molar-refractivity contribution >= 4 is 17.8 Å². The summed E-state index contributed by atoms with van der Waals surface area (Å²) in [6, 6.07) is 2.61. The number of carbonyl (C=O) groups is 2. The normalized spacial score (nSPS) is 9.71. The van der Waals surface area contributed by atoms with E-state index in [4.69, 9.17) is 9.47 Å². The van der Waals surface area contributed by atoms with E-state index in [0.717, 1.165) is 6.20 Å². The van der Waals surface area contributed by atoms with E-state index in [1.165, 1.54) is 19.1 Å². The summed E-state index contributed by atoms with van der Waals surface area (Å²) in [4.78, 5) is 27.3. The van der Waals surface area contributed by atoms with Crippen LogP contribution in [-0.2, 0) is 19.1 Å². The van der Waals surface area contributed by atoms with Crippen molar-refractivity contribution < 1.29 is 23.5 Å². The van der Waals surface area contributed by atoms with Gasteiger partial charge in [0.05, 0.1) is 18.9 Å². The number of pyridine rings is 1. The van der Waals surface area contributed by atoms with E-state index >= 15 is 0 Å². The highest BCUT2D eigenvalue weighted by Crippen LogP contribution is 2.10. The van der Waals surface area contributed by atoms with E-state index in [9.17, 15) is 14.0 Å². The molecule has 1 aromatic rings. The zero-order valence-electron chi connectivity index (χ0n) is 12.1. The highest BCUT2D eigenvalue weighted by atomic mass is 19.1. The summed E-state index contributed by atoms with van der Waals surface area (Å²) >= 11 is 0. The molecule has 0 unspecified atom stereocenters. The molecular formula is C14H17FN2O4. The highest BCUT2D eigenvalue weighted by Gasteiger charge is 2.20. The van der Waals surface area contributed by atoms with E-state index in [0.29, 0.717) is 5.82 Å². The lowest BCUT2D eigenvalue weighted by Crippen LogP contribution is -2.19. The Hall–Kier alpha value is -2.44. The molecule has 21 heavy (non-hydrogen) atoms. The van der Waals surface area contributed by atoms with Crippen molar-refractivity contribution in [2.75, 3.05) is 18.5 Å². The van der Waals surface area contributed by atoms with E-state index < -0.39 is 17.8 Å². The summed E-state index contributed by atoms with van der Waals surface area (Å²) < 4.78 is 22.6. The van der Waals surface area contributed by atoms with E-state index in [2.05, 4.69) is 10.3 Å². The zero-order valence-corrected chi connectivity index (χ0v) is 12.1. The van der Waals surface area contributed by atoms with Gasteiger partial charge in [-0.2, -0.15) is 0 Å². The molecule has 0 bridgehead atoms. The Labute approximate surface area is 122 Å². The maximum atomic E-state index is 13.1. The molecule has 0 aromatic carbocycles. The lowest BCUT2D eigenvalue weighted by molar-refractivity contribution is -0.146. The molecule has 114 valence electrons. The Morgan fingerprint density at radius 2 is 1.81 bits per heavy atom. The van der Waals surface area contributed by atoms with Gasteiger partial charge in [0.15, 0.2) is 5.57 Å². The summed E-state index contributed by atoms with van der Waals surface area (Å²) in [5, 5.41) is 2.65. The Morgan fingerprint density at radius 3 is 2.29 bits per heavy atom. The molecule has 0 spiro atoms. The first-order chi connectivity index (χ1) is 9.99. The maximum absolute atomic E-state index is 13.1. The molecule has 0 saturated carbocycles. The predicted octanol–water partition coefficient (Wildman–Crippen LogP) is 1.95. The van der Waals surface area contributed by atoms with Crippen LogP contribution in [0.4, 0.5) is 10.2 Å². The van der Waals surface area contributed by atoms with Crippen LogP contribution in [0.15, 0.2) is 23.9 Å². The van der Waals surface area contributed by atoms with Gasteiger partial charge in [0.25, 0.3) is 0 Å². The number of carbonyl (C=O) groups excluding carboxylic acids is 2. The third kappa shape index (κ3) is 4.87. The molecule has 7 heteroatoms. The van der Waals surface area contributed by atoms with Gasteiger partial charge < -0.3 is 14.8 Å². The van der Waals surface area contributed by atoms with Gasteiger partial charge in [-0.3, -0.25) is 0 Å². The van der Waals surface area contributed by atoms with Gasteiger partial charge in [-0.25, -0.2) is 19.0 Å². The molecule has 0 radical (unpaired) electrons. The summed E-state index contributed by atoms with van der Waals surface area (Å²) in [7, 11) is 0. The molecule has 0 fully saturated rings. The number of halogens is 1. The molecule has 0 saturated heterocycles. The summed E-state index contributed by atoms with van der Waals surface area (Å²) in [5.41, 5.74) is -0.0929. The molecule has 0 aliphatic carbocycles. The third-order valence-electron chi connectivity index (χ3n) is 2.38. The predicted molar refractivity (Wildman–Crippen MR) is 73.9 cm³/mol. The van der Waals surface area contributed by atoms with Crippen LogP contribution >= 0.6 is 0 Å².